The van der Waals surface area contributed by atoms with Crippen LogP contribution in [0.4, 0.5) is 14.5 Å². The van der Waals surface area contributed by atoms with Gasteiger partial charge in [0, 0.05) is 54.9 Å². The summed E-state index contributed by atoms with van der Waals surface area (Å²) in [5, 5.41) is 0. The highest BCUT2D eigenvalue weighted by Crippen LogP contribution is 2.36. The monoisotopic (exact) mass is 369 g/mol. The van der Waals surface area contributed by atoms with Crippen molar-refractivity contribution in [2.75, 3.05) is 18.6 Å². The third-order valence-corrected chi connectivity index (χ3v) is 4.70. The molecule has 3 heterocycles. The fourth-order valence-electron chi connectivity index (χ4n) is 3.30. The van der Waals surface area contributed by atoms with Crippen LogP contribution in [0.2, 0.25) is 0 Å². The molecule has 1 atom stereocenters. The summed E-state index contributed by atoms with van der Waals surface area (Å²) in [6.07, 6.45) is 5.68. The summed E-state index contributed by atoms with van der Waals surface area (Å²) in [7, 11) is 1.32. The topological polar surface area (TPSA) is 64.0 Å². The third-order valence-electron chi connectivity index (χ3n) is 4.70. The minimum atomic E-state index is -0.984. The first-order valence-electron chi connectivity index (χ1n) is 8.51. The van der Waals surface area contributed by atoms with E-state index < -0.39 is 11.6 Å². The summed E-state index contributed by atoms with van der Waals surface area (Å²) < 4.78 is 32.6. The van der Waals surface area contributed by atoms with Crippen molar-refractivity contribution in [1.82, 2.24) is 19.9 Å². The smallest absolute Gasteiger partial charge is 0.200 e. The Bertz CT molecular complexity index is 983. The second kappa shape index (κ2) is 6.86. The first kappa shape index (κ1) is 17.3. The number of hydrogen-bond acceptors (Lipinski definition) is 6. The summed E-state index contributed by atoms with van der Waals surface area (Å²) in [6, 6.07) is 4.33. The second-order valence-electron chi connectivity index (χ2n) is 6.23. The van der Waals surface area contributed by atoms with Gasteiger partial charge in [-0.15, -0.1) is 0 Å². The Morgan fingerprint density at radius 3 is 2.63 bits per heavy atom. The van der Waals surface area contributed by atoms with Gasteiger partial charge in [0.1, 0.15) is 0 Å². The Hall–Kier alpha value is -3.16. The zero-order chi connectivity index (χ0) is 19.0. The Balaban J connectivity index is 1.68. The van der Waals surface area contributed by atoms with Gasteiger partial charge in [0.2, 0.25) is 5.82 Å². The van der Waals surface area contributed by atoms with Crippen molar-refractivity contribution in [2.45, 2.75) is 19.4 Å². The minimum Gasteiger partial charge on any atom is -0.493 e. The molecule has 0 radical (unpaired) electrons. The molecule has 0 saturated heterocycles. The van der Waals surface area contributed by atoms with Crippen LogP contribution in [0.25, 0.3) is 11.6 Å². The molecular formula is C19H17F2N5O. The van der Waals surface area contributed by atoms with Crippen LogP contribution in [0.15, 0.2) is 36.8 Å². The van der Waals surface area contributed by atoms with E-state index in [1.54, 1.807) is 24.7 Å². The number of benzene rings is 1. The average Bonchev–Trinajstić information content (AvgIpc) is 2.70. The average molecular weight is 369 g/mol. The minimum absolute atomic E-state index is 0.103. The Labute approximate surface area is 154 Å². The Kier molecular flexibility index (Phi) is 4.39. The van der Waals surface area contributed by atoms with E-state index in [4.69, 9.17) is 4.74 Å². The van der Waals surface area contributed by atoms with Crippen LogP contribution in [0.5, 0.6) is 5.75 Å². The van der Waals surface area contributed by atoms with Crippen LogP contribution >= 0.6 is 0 Å². The Morgan fingerprint density at radius 1 is 1.11 bits per heavy atom. The van der Waals surface area contributed by atoms with Gasteiger partial charge in [-0.3, -0.25) is 0 Å². The highest BCUT2D eigenvalue weighted by atomic mass is 19.2. The molecule has 1 aliphatic rings. The number of fused-ring (bicyclic) bond motifs is 1. The predicted molar refractivity (Wildman–Crippen MR) is 95.4 cm³/mol. The van der Waals surface area contributed by atoms with Crippen molar-refractivity contribution < 1.29 is 13.5 Å². The van der Waals surface area contributed by atoms with Gasteiger partial charge in [0.05, 0.1) is 18.8 Å². The van der Waals surface area contributed by atoms with E-state index >= 15 is 0 Å². The number of aromatic nitrogens is 4. The van der Waals surface area contributed by atoms with Crippen LogP contribution in [0.3, 0.4) is 0 Å². The predicted octanol–water partition coefficient (Wildman–Crippen LogP) is 3.34. The molecule has 4 rings (SSSR count). The van der Waals surface area contributed by atoms with Crippen LogP contribution < -0.4 is 9.64 Å². The maximum Gasteiger partial charge on any atom is 0.200 e. The van der Waals surface area contributed by atoms with E-state index in [0.29, 0.717) is 30.3 Å². The number of hydrogen-bond donors (Lipinski definition) is 0. The molecule has 6 nitrogen and oxygen atoms in total. The molecule has 1 aliphatic heterocycles. The molecule has 0 aliphatic carbocycles. The van der Waals surface area contributed by atoms with Crippen molar-refractivity contribution in [2.24, 2.45) is 0 Å². The summed E-state index contributed by atoms with van der Waals surface area (Å²) in [6.45, 7) is 2.59. The van der Waals surface area contributed by atoms with Gasteiger partial charge < -0.3 is 9.64 Å². The number of rotatable bonds is 3. The van der Waals surface area contributed by atoms with Gasteiger partial charge >= 0.3 is 0 Å². The first-order chi connectivity index (χ1) is 13.1. The summed E-state index contributed by atoms with van der Waals surface area (Å²) in [5.74, 6) is -1.08. The molecule has 0 bridgehead atoms. The van der Waals surface area contributed by atoms with Crippen molar-refractivity contribution in [1.29, 1.82) is 0 Å². The number of anilines is 1. The SMILES string of the molecule is COc1cc(N2CCc3nc(-c4ncccn4)ncc3[C@@H]2C)cc(F)c1F. The van der Waals surface area contributed by atoms with E-state index in [0.717, 1.165) is 11.3 Å². The van der Waals surface area contributed by atoms with Gasteiger partial charge in [0.25, 0.3) is 0 Å². The van der Waals surface area contributed by atoms with Crippen LogP contribution in [-0.2, 0) is 6.42 Å². The number of nitrogens with zero attached hydrogens (tertiary/aromatic N) is 5. The zero-order valence-electron chi connectivity index (χ0n) is 14.9. The number of ether oxygens (including phenoxy) is 1. The summed E-state index contributed by atoms with van der Waals surface area (Å²) in [4.78, 5) is 19.3. The number of methoxy groups -OCH3 is 1. The second-order valence-corrected chi connectivity index (χ2v) is 6.23. The highest BCUT2D eigenvalue weighted by Gasteiger charge is 2.27. The van der Waals surface area contributed by atoms with E-state index in [-0.39, 0.29) is 11.8 Å². The molecule has 0 unspecified atom stereocenters. The Morgan fingerprint density at radius 2 is 1.89 bits per heavy atom. The van der Waals surface area contributed by atoms with E-state index in [1.807, 2.05) is 11.8 Å². The van der Waals surface area contributed by atoms with Crippen molar-refractivity contribution >= 4 is 5.69 Å². The molecule has 0 spiro atoms. The number of halogens is 2. The normalized spacial score (nSPS) is 16.1. The van der Waals surface area contributed by atoms with E-state index in [1.165, 1.54) is 19.2 Å². The van der Waals surface area contributed by atoms with Crippen molar-refractivity contribution in [3.05, 3.63) is 59.7 Å². The van der Waals surface area contributed by atoms with E-state index in [2.05, 4.69) is 19.9 Å². The van der Waals surface area contributed by atoms with Gasteiger partial charge in [0.15, 0.2) is 23.2 Å². The van der Waals surface area contributed by atoms with Crippen molar-refractivity contribution in [3.8, 4) is 17.4 Å². The zero-order valence-corrected chi connectivity index (χ0v) is 14.9. The molecular weight excluding hydrogens is 352 g/mol. The van der Waals surface area contributed by atoms with Gasteiger partial charge in [-0.2, -0.15) is 4.39 Å². The lowest BCUT2D eigenvalue weighted by molar-refractivity contribution is 0.371. The largest absolute Gasteiger partial charge is 0.493 e. The first-order valence-corrected chi connectivity index (χ1v) is 8.51. The lowest BCUT2D eigenvalue weighted by Gasteiger charge is -2.36. The lowest BCUT2D eigenvalue weighted by Crippen LogP contribution is -2.35. The van der Waals surface area contributed by atoms with Crippen LogP contribution in [0.1, 0.15) is 24.2 Å². The quantitative estimate of drug-likeness (QED) is 0.706. The maximum atomic E-state index is 13.9. The summed E-state index contributed by atoms with van der Waals surface area (Å²) >= 11 is 0. The van der Waals surface area contributed by atoms with Crippen molar-refractivity contribution in [3.63, 3.8) is 0 Å². The molecule has 3 aromatic rings. The molecule has 8 heteroatoms. The highest BCUT2D eigenvalue weighted by molar-refractivity contribution is 5.55. The van der Waals surface area contributed by atoms with E-state index in [9.17, 15) is 8.78 Å². The lowest BCUT2D eigenvalue weighted by atomic mass is 9.98. The molecule has 27 heavy (non-hydrogen) atoms. The standard InChI is InChI=1S/C19H17F2N5O/c1-11-13-10-24-19(18-22-5-3-6-23-18)25-15(13)4-7-26(11)12-8-14(20)17(21)16(9-12)27-2/h3,5-6,8-11H,4,7H2,1-2H3/t11-/m0/s1. The van der Waals surface area contributed by atoms with Crippen LogP contribution in [0, 0.1) is 11.6 Å². The van der Waals surface area contributed by atoms with Gasteiger partial charge in [-0.05, 0) is 13.0 Å². The third kappa shape index (κ3) is 3.07. The molecule has 1 aromatic carbocycles. The fraction of sp³-hybridized carbons (Fsp3) is 0.263. The maximum absolute atomic E-state index is 13.9. The molecule has 138 valence electrons. The van der Waals surface area contributed by atoms with Gasteiger partial charge in [-0.25, -0.2) is 24.3 Å². The summed E-state index contributed by atoms with van der Waals surface area (Å²) in [5.41, 5.74) is 2.40. The molecule has 0 N–H and O–H groups in total. The van der Waals surface area contributed by atoms with Crippen LogP contribution in [-0.4, -0.2) is 33.6 Å². The molecule has 0 saturated carbocycles. The molecule has 0 amide bonds. The fourth-order valence-corrected chi connectivity index (χ4v) is 3.30. The molecule has 2 aromatic heterocycles. The van der Waals surface area contributed by atoms with Gasteiger partial charge in [-0.1, -0.05) is 0 Å². The molecule has 0 fully saturated rings.